The van der Waals surface area contributed by atoms with Crippen LogP contribution in [0, 0.1) is 0 Å². The number of hydrogen-bond acceptors (Lipinski definition) is 1. The van der Waals surface area contributed by atoms with E-state index in [9.17, 15) is 17.6 Å². The van der Waals surface area contributed by atoms with Crippen molar-refractivity contribution in [1.29, 1.82) is 0 Å². The third-order valence-electron chi connectivity index (χ3n) is 2.64. The molecule has 0 amide bonds. The Labute approximate surface area is 104 Å². The van der Waals surface area contributed by atoms with Gasteiger partial charge in [0.15, 0.2) is 0 Å². The normalized spacial score (nSPS) is 16.8. The van der Waals surface area contributed by atoms with Gasteiger partial charge in [-0.2, -0.15) is 8.78 Å². The Morgan fingerprint density at radius 2 is 2.00 bits per heavy atom. The quantitative estimate of drug-likeness (QED) is 0.606. The Hall–Kier alpha value is -0.780. The number of hydrogen-bond donors (Lipinski definition) is 0. The first-order valence-corrected chi connectivity index (χ1v) is 5.90. The summed E-state index contributed by atoms with van der Waals surface area (Å²) in [4.78, 5) is -1.69. The molecule has 0 fully saturated rings. The van der Waals surface area contributed by atoms with Crippen LogP contribution in [0.2, 0.25) is 0 Å². The van der Waals surface area contributed by atoms with E-state index in [1.54, 1.807) is 0 Å². The summed E-state index contributed by atoms with van der Waals surface area (Å²) in [6.07, 6.45) is -3.08. The standard InChI is InChI=1S/C11H9BrF4O/c12-9(11(15,16)10(13)14)7-1-2-8-6(5-7)3-4-17-8/h1-2,5,9-10H,3-4H2. The molecule has 1 aromatic carbocycles. The van der Waals surface area contributed by atoms with Crippen molar-refractivity contribution >= 4 is 15.9 Å². The molecule has 1 nitrogen and oxygen atoms in total. The SMILES string of the molecule is FC(F)C(F)(F)C(Br)c1ccc2c(c1)CCO2. The second-order valence-corrected chi connectivity index (χ2v) is 4.72. The maximum atomic E-state index is 13.1. The molecule has 0 aliphatic carbocycles. The van der Waals surface area contributed by atoms with Crippen LogP contribution in [0.1, 0.15) is 16.0 Å². The van der Waals surface area contributed by atoms with Gasteiger partial charge in [0.25, 0.3) is 0 Å². The van der Waals surface area contributed by atoms with Crippen LogP contribution >= 0.6 is 15.9 Å². The van der Waals surface area contributed by atoms with E-state index in [0.29, 0.717) is 18.8 Å². The lowest BCUT2D eigenvalue weighted by atomic mass is 10.0. The van der Waals surface area contributed by atoms with Crippen molar-refractivity contribution in [2.24, 2.45) is 0 Å². The van der Waals surface area contributed by atoms with Crippen LogP contribution in [-0.4, -0.2) is 19.0 Å². The summed E-state index contributed by atoms with van der Waals surface area (Å²) in [7, 11) is 0. The number of ether oxygens (including phenoxy) is 1. The lowest BCUT2D eigenvalue weighted by molar-refractivity contribution is -0.127. The first-order valence-electron chi connectivity index (χ1n) is 4.98. The smallest absolute Gasteiger partial charge is 0.323 e. The van der Waals surface area contributed by atoms with Gasteiger partial charge in [-0.25, -0.2) is 8.78 Å². The van der Waals surface area contributed by atoms with Crippen LogP contribution in [0.4, 0.5) is 17.6 Å². The van der Waals surface area contributed by atoms with Crippen LogP contribution in [0.3, 0.4) is 0 Å². The van der Waals surface area contributed by atoms with Gasteiger partial charge in [0, 0.05) is 6.42 Å². The molecular weight excluding hydrogens is 304 g/mol. The molecular formula is C11H9BrF4O. The van der Waals surface area contributed by atoms with Crippen molar-refractivity contribution in [3.8, 4) is 5.75 Å². The highest BCUT2D eigenvalue weighted by molar-refractivity contribution is 9.09. The first kappa shape index (κ1) is 12.7. The average molecular weight is 313 g/mol. The zero-order valence-corrected chi connectivity index (χ0v) is 10.2. The third-order valence-corrected chi connectivity index (χ3v) is 3.77. The van der Waals surface area contributed by atoms with Crippen LogP contribution in [0.5, 0.6) is 5.75 Å². The lowest BCUT2D eigenvalue weighted by Crippen LogP contribution is -2.31. The van der Waals surface area contributed by atoms with Crippen LogP contribution in [0.15, 0.2) is 18.2 Å². The summed E-state index contributed by atoms with van der Waals surface area (Å²) in [6.45, 7) is 0.497. The third kappa shape index (κ3) is 2.27. The predicted octanol–water partition coefficient (Wildman–Crippen LogP) is 3.96. The molecule has 94 valence electrons. The Morgan fingerprint density at radius 3 is 2.65 bits per heavy atom. The van der Waals surface area contributed by atoms with E-state index < -0.39 is 17.2 Å². The Kier molecular flexibility index (Phi) is 3.34. The number of fused-ring (bicyclic) bond motifs is 1. The van der Waals surface area contributed by atoms with Gasteiger partial charge in [0.05, 0.1) is 6.61 Å². The molecule has 0 saturated carbocycles. The molecule has 0 aromatic heterocycles. The number of alkyl halides is 5. The van der Waals surface area contributed by atoms with Gasteiger partial charge >= 0.3 is 12.3 Å². The summed E-state index contributed by atoms with van der Waals surface area (Å²) in [5, 5.41) is 0. The highest BCUT2D eigenvalue weighted by Gasteiger charge is 2.48. The molecule has 1 aliphatic heterocycles. The molecule has 1 aromatic rings. The van der Waals surface area contributed by atoms with Gasteiger partial charge in [0.1, 0.15) is 10.6 Å². The number of rotatable bonds is 3. The second kappa shape index (κ2) is 4.48. The predicted molar refractivity (Wildman–Crippen MR) is 58.3 cm³/mol. The van der Waals surface area contributed by atoms with Gasteiger partial charge in [-0.05, 0) is 17.2 Å². The molecule has 0 radical (unpaired) electrons. The monoisotopic (exact) mass is 312 g/mol. The Morgan fingerprint density at radius 1 is 1.29 bits per heavy atom. The summed E-state index contributed by atoms with van der Waals surface area (Å²) >= 11 is 2.65. The molecule has 1 atom stereocenters. The molecule has 1 aliphatic rings. The van der Waals surface area contributed by atoms with E-state index in [0.717, 1.165) is 5.56 Å². The lowest BCUT2D eigenvalue weighted by Gasteiger charge is -2.21. The van der Waals surface area contributed by atoms with E-state index >= 15 is 0 Å². The molecule has 1 unspecified atom stereocenters. The minimum atomic E-state index is -4.09. The van der Waals surface area contributed by atoms with Gasteiger partial charge < -0.3 is 4.74 Å². The average Bonchev–Trinajstić information content (AvgIpc) is 2.74. The fourth-order valence-electron chi connectivity index (χ4n) is 1.70. The Balaban J connectivity index is 2.29. The number of halogens is 5. The van der Waals surface area contributed by atoms with Crippen LogP contribution < -0.4 is 4.74 Å². The maximum absolute atomic E-state index is 13.1. The van der Waals surface area contributed by atoms with Crippen molar-refractivity contribution in [1.82, 2.24) is 0 Å². The first-order chi connectivity index (χ1) is 7.93. The largest absolute Gasteiger partial charge is 0.493 e. The van der Waals surface area contributed by atoms with Crippen LogP contribution in [0.25, 0.3) is 0 Å². The van der Waals surface area contributed by atoms with Crippen molar-refractivity contribution in [2.45, 2.75) is 23.6 Å². The van der Waals surface area contributed by atoms with Gasteiger partial charge in [-0.1, -0.05) is 28.1 Å². The zero-order valence-electron chi connectivity index (χ0n) is 8.60. The second-order valence-electron chi connectivity index (χ2n) is 3.80. The van der Waals surface area contributed by atoms with Crippen molar-refractivity contribution in [2.75, 3.05) is 6.61 Å². The van der Waals surface area contributed by atoms with Crippen molar-refractivity contribution in [3.63, 3.8) is 0 Å². The summed E-state index contributed by atoms with van der Waals surface area (Å²) in [5.41, 5.74) is 0.913. The minimum absolute atomic E-state index is 0.138. The molecule has 1 heterocycles. The fourth-order valence-corrected chi connectivity index (χ4v) is 2.18. The maximum Gasteiger partial charge on any atom is 0.323 e. The zero-order chi connectivity index (χ0) is 12.6. The fraction of sp³-hybridized carbons (Fsp3) is 0.455. The number of benzene rings is 1. The molecule has 2 rings (SSSR count). The van der Waals surface area contributed by atoms with E-state index in [2.05, 4.69) is 15.9 Å². The van der Waals surface area contributed by atoms with Crippen LogP contribution in [-0.2, 0) is 6.42 Å². The molecule has 0 spiro atoms. The summed E-state index contributed by atoms with van der Waals surface area (Å²) in [6, 6.07) is 4.39. The van der Waals surface area contributed by atoms with Crippen molar-refractivity contribution in [3.05, 3.63) is 29.3 Å². The van der Waals surface area contributed by atoms with E-state index in [-0.39, 0.29) is 5.56 Å². The molecule has 0 saturated heterocycles. The van der Waals surface area contributed by atoms with Gasteiger partial charge in [-0.3, -0.25) is 0 Å². The topological polar surface area (TPSA) is 9.23 Å². The molecule has 17 heavy (non-hydrogen) atoms. The summed E-state index contributed by atoms with van der Waals surface area (Å²) in [5.74, 6) is -3.46. The highest BCUT2D eigenvalue weighted by atomic mass is 79.9. The van der Waals surface area contributed by atoms with E-state index in [4.69, 9.17) is 4.74 Å². The van der Waals surface area contributed by atoms with E-state index in [1.165, 1.54) is 18.2 Å². The van der Waals surface area contributed by atoms with E-state index in [1.807, 2.05) is 0 Å². The molecule has 0 bridgehead atoms. The van der Waals surface area contributed by atoms with Crippen molar-refractivity contribution < 1.29 is 22.3 Å². The minimum Gasteiger partial charge on any atom is -0.493 e. The molecule has 6 heteroatoms. The Bertz CT molecular complexity index is 422. The highest BCUT2D eigenvalue weighted by Crippen LogP contribution is 2.43. The molecule has 0 N–H and O–H groups in total. The van der Waals surface area contributed by atoms with Gasteiger partial charge in [-0.15, -0.1) is 0 Å². The van der Waals surface area contributed by atoms with Gasteiger partial charge in [0.2, 0.25) is 0 Å². The summed E-state index contributed by atoms with van der Waals surface area (Å²) < 4.78 is 55.9.